The molecule has 1 aromatic rings. The summed E-state index contributed by atoms with van der Waals surface area (Å²) < 4.78 is 25.9. The maximum absolute atomic E-state index is 12.6. The zero-order valence-electron chi connectivity index (χ0n) is 9.81. The van der Waals surface area contributed by atoms with Crippen molar-refractivity contribution < 1.29 is 13.6 Å². The van der Waals surface area contributed by atoms with E-state index < -0.39 is 6.55 Å². The number of halogens is 2. The summed E-state index contributed by atoms with van der Waals surface area (Å²) in [5.74, 6) is 0.709. The average Bonchev–Trinajstić information content (AvgIpc) is 2.80. The van der Waals surface area contributed by atoms with Crippen LogP contribution in [0.25, 0.3) is 0 Å². The van der Waals surface area contributed by atoms with Crippen molar-refractivity contribution in [2.24, 2.45) is 11.8 Å². The Kier molecular flexibility index (Phi) is 3.13. The number of nitrogens with zero attached hydrogens (tertiary/aromatic N) is 3. The molecule has 1 saturated carbocycles. The maximum Gasteiger partial charge on any atom is 0.319 e. The third-order valence-electron chi connectivity index (χ3n) is 3.14. The Morgan fingerprint density at radius 1 is 1.71 bits per heavy atom. The molecule has 1 amide bonds. The molecule has 2 unspecified atom stereocenters. The van der Waals surface area contributed by atoms with E-state index in [1.807, 2.05) is 6.92 Å². The van der Waals surface area contributed by atoms with E-state index in [-0.39, 0.29) is 24.2 Å². The number of hydrogen-bond acceptors (Lipinski definition) is 2. The predicted octanol–water partition coefficient (Wildman–Crippen LogP) is 1.89. The minimum atomic E-state index is -2.61. The van der Waals surface area contributed by atoms with Crippen molar-refractivity contribution in [2.45, 2.75) is 26.4 Å². The second kappa shape index (κ2) is 4.43. The van der Waals surface area contributed by atoms with Crippen molar-refractivity contribution in [3.8, 4) is 0 Å². The zero-order chi connectivity index (χ0) is 12.6. The molecule has 0 bridgehead atoms. The molecule has 6 heteroatoms. The van der Waals surface area contributed by atoms with Gasteiger partial charge in [0.15, 0.2) is 0 Å². The van der Waals surface area contributed by atoms with Crippen LogP contribution in [0.2, 0.25) is 0 Å². The quantitative estimate of drug-likeness (QED) is 0.810. The number of amides is 1. The Labute approximate surface area is 98.2 Å². The van der Waals surface area contributed by atoms with Crippen LogP contribution in [0.3, 0.4) is 0 Å². The average molecular weight is 243 g/mol. The monoisotopic (exact) mass is 243 g/mol. The molecular formula is C11H15F2N3O. The fourth-order valence-corrected chi connectivity index (χ4v) is 1.88. The molecule has 1 fully saturated rings. The summed E-state index contributed by atoms with van der Waals surface area (Å²) in [4.78, 5) is 17.1. The Hall–Kier alpha value is -1.46. The fraction of sp³-hybridized carbons (Fsp3) is 0.636. The van der Waals surface area contributed by atoms with Gasteiger partial charge in [-0.3, -0.25) is 9.36 Å². The van der Waals surface area contributed by atoms with Gasteiger partial charge in [0.2, 0.25) is 5.91 Å². The van der Waals surface area contributed by atoms with Crippen LogP contribution in [0.5, 0.6) is 0 Å². The molecule has 1 heterocycles. The van der Waals surface area contributed by atoms with Crippen LogP contribution in [-0.4, -0.2) is 27.4 Å². The summed E-state index contributed by atoms with van der Waals surface area (Å²) in [6.07, 6.45) is 3.43. The highest BCUT2D eigenvalue weighted by Gasteiger charge is 2.40. The van der Waals surface area contributed by atoms with E-state index in [1.54, 1.807) is 7.05 Å². The summed E-state index contributed by atoms with van der Waals surface area (Å²) >= 11 is 0. The molecule has 0 radical (unpaired) electrons. The van der Waals surface area contributed by atoms with Gasteiger partial charge in [-0.1, -0.05) is 6.92 Å². The van der Waals surface area contributed by atoms with Crippen LogP contribution in [0.15, 0.2) is 12.4 Å². The number of carbonyl (C=O) groups excluding carboxylic acids is 1. The number of rotatable bonds is 4. The number of imidazole rings is 1. The summed E-state index contributed by atoms with van der Waals surface area (Å²) in [6, 6.07) is 0. The van der Waals surface area contributed by atoms with Crippen molar-refractivity contribution in [3.05, 3.63) is 18.2 Å². The first-order valence-corrected chi connectivity index (χ1v) is 5.55. The lowest BCUT2D eigenvalue weighted by atomic mass is 10.3. The first kappa shape index (κ1) is 12.0. The second-order valence-electron chi connectivity index (χ2n) is 4.54. The largest absolute Gasteiger partial charge is 0.338 e. The third-order valence-corrected chi connectivity index (χ3v) is 3.14. The van der Waals surface area contributed by atoms with Gasteiger partial charge >= 0.3 is 6.55 Å². The van der Waals surface area contributed by atoms with Gasteiger partial charge in [-0.05, 0) is 12.3 Å². The highest BCUT2D eigenvalue weighted by atomic mass is 19.3. The van der Waals surface area contributed by atoms with Crippen LogP contribution >= 0.6 is 0 Å². The minimum Gasteiger partial charge on any atom is -0.338 e. The third kappa shape index (κ3) is 2.45. The van der Waals surface area contributed by atoms with Crippen LogP contribution < -0.4 is 0 Å². The van der Waals surface area contributed by atoms with Gasteiger partial charge in [-0.25, -0.2) is 4.98 Å². The summed E-state index contributed by atoms with van der Waals surface area (Å²) in [6.45, 7) is -0.480. The van der Waals surface area contributed by atoms with E-state index in [4.69, 9.17) is 0 Å². The molecule has 1 aliphatic rings. The summed E-state index contributed by atoms with van der Waals surface area (Å²) in [5, 5.41) is 0. The molecule has 0 aromatic carbocycles. The first-order valence-electron chi connectivity index (χ1n) is 5.55. The highest BCUT2D eigenvalue weighted by Crippen LogP contribution is 2.39. The van der Waals surface area contributed by atoms with Crippen LogP contribution in [0.4, 0.5) is 8.78 Å². The van der Waals surface area contributed by atoms with Crippen LogP contribution in [0, 0.1) is 11.8 Å². The molecule has 0 spiro atoms. The lowest BCUT2D eigenvalue weighted by molar-refractivity contribution is -0.132. The van der Waals surface area contributed by atoms with Gasteiger partial charge in [-0.15, -0.1) is 0 Å². The van der Waals surface area contributed by atoms with E-state index in [0.29, 0.717) is 5.92 Å². The molecule has 0 saturated heterocycles. The number of hydrogen-bond donors (Lipinski definition) is 0. The molecule has 1 aliphatic carbocycles. The summed E-state index contributed by atoms with van der Waals surface area (Å²) in [7, 11) is 1.62. The molecule has 2 rings (SSSR count). The van der Waals surface area contributed by atoms with Crippen LogP contribution in [0.1, 0.15) is 25.7 Å². The van der Waals surface area contributed by atoms with Crippen molar-refractivity contribution in [3.63, 3.8) is 0 Å². The lowest BCUT2D eigenvalue weighted by Crippen LogP contribution is -2.29. The SMILES string of the molecule is CC1CC1C(=O)N(C)Cc1nccn1C(F)F. The first-order chi connectivity index (χ1) is 8.00. The zero-order valence-corrected chi connectivity index (χ0v) is 9.81. The number of alkyl halides is 2. The second-order valence-corrected chi connectivity index (χ2v) is 4.54. The minimum absolute atomic E-state index is 0.0151. The van der Waals surface area contributed by atoms with E-state index >= 15 is 0 Å². The molecule has 4 nitrogen and oxygen atoms in total. The molecular weight excluding hydrogens is 228 g/mol. The van der Waals surface area contributed by atoms with Gasteiger partial charge in [0.05, 0.1) is 6.54 Å². The molecule has 2 atom stereocenters. The Bertz CT molecular complexity index is 419. The van der Waals surface area contributed by atoms with Crippen LogP contribution in [-0.2, 0) is 11.3 Å². The van der Waals surface area contributed by atoms with Gasteiger partial charge in [0.25, 0.3) is 0 Å². The van der Waals surface area contributed by atoms with Gasteiger partial charge < -0.3 is 4.90 Å². The smallest absolute Gasteiger partial charge is 0.319 e. The lowest BCUT2D eigenvalue weighted by Gasteiger charge is -2.17. The van der Waals surface area contributed by atoms with E-state index in [2.05, 4.69) is 4.98 Å². The van der Waals surface area contributed by atoms with E-state index in [0.717, 1.165) is 11.0 Å². The molecule has 0 N–H and O–H groups in total. The summed E-state index contributed by atoms with van der Waals surface area (Å²) in [5.41, 5.74) is 0. The Morgan fingerprint density at radius 3 is 2.88 bits per heavy atom. The van der Waals surface area contributed by atoms with E-state index in [9.17, 15) is 13.6 Å². The van der Waals surface area contributed by atoms with Crippen molar-refractivity contribution in [2.75, 3.05) is 7.05 Å². The number of carbonyl (C=O) groups is 1. The highest BCUT2D eigenvalue weighted by molar-refractivity contribution is 5.81. The van der Waals surface area contributed by atoms with Gasteiger partial charge in [-0.2, -0.15) is 8.78 Å². The van der Waals surface area contributed by atoms with Gasteiger partial charge in [0.1, 0.15) is 5.82 Å². The topological polar surface area (TPSA) is 38.1 Å². The van der Waals surface area contributed by atoms with Crippen molar-refractivity contribution >= 4 is 5.91 Å². The van der Waals surface area contributed by atoms with Crippen molar-refractivity contribution in [1.29, 1.82) is 0 Å². The molecule has 94 valence electrons. The normalized spacial score (nSPS) is 22.9. The fourth-order valence-electron chi connectivity index (χ4n) is 1.88. The standard InChI is InChI=1S/C11H15F2N3O/c1-7-5-8(7)10(17)15(2)6-9-14-3-4-16(9)11(12)13/h3-4,7-8,11H,5-6H2,1-2H3. The predicted molar refractivity (Wildman–Crippen MR) is 57.2 cm³/mol. The Morgan fingerprint density at radius 2 is 2.35 bits per heavy atom. The van der Waals surface area contributed by atoms with Crippen molar-refractivity contribution in [1.82, 2.24) is 14.5 Å². The molecule has 17 heavy (non-hydrogen) atoms. The molecule has 0 aliphatic heterocycles. The molecule has 1 aromatic heterocycles. The number of aromatic nitrogens is 2. The van der Waals surface area contributed by atoms with Gasteiger partial charge in [0, 0.05) is 25.4 Å². The van der Waals surface area contributed by atoms with E-state index in [1.165, 1.54) is 17.3 Å². The maximum atomic E-state index is 12.6. The Balaban J connectivity index is 2.00.